The lowest BCUT2D eigenvalue weighted by molar-refractivity contribution is 0.414. The number of hydrogen-bond acceptors (Lipinski definition) is 5. The van der Waals surface area contributed by atoms with Crippen molar-refractivity contribution in [2.24, 2.45) is 5.10 Å². The number of aromatic nitrogens is 2. The zero-order chi connectivity index (χ0) is 25.4. The van der Waals surface area contributed by atoms with Crippen molar-refractivity contribution < 1.29 is 4.74 Å². The molecule has 1 aliphatic rings. The standard InChI is InChI=1S/C30H22BrClN4O/c1-37-24-9-5-6-20(17-24)27-18-28(21-7-4-8-22(31)16-21)36(35-27)30-33-26-11-3-2-10-25(26)29(34-30)19-12-14-23(32)15-13-19/h2-17,28H,18H2,1H3/t28-/m1/s1. The monoisotopic (exact) mass is 568 g/mol. The first-order valence-corrected chi connectivity index (χ1v) is 13.1. The van der Waals surface area contributed by atoms with Crippen LogP contribution in [0.2, 0.25) is 5.02 Å². The molecule has 6 rings (SSSR count). The van der Waals surface area contributed by atoms with Crippen molar-refractivity contribution in [1.82, 2.24) is 9.97 Å². The van der Waals surface area contributed by atoms with Crippen molar-refractivity contribution in [3.63, 3.8) is 0 Å². The molecule has 0 saturated carbocycles. The Bertz CT molecular complexity index is 1640. The van der Waals surface area contributed by atoms with Gasteiger partial charge < -0.3 is 4.74 Å². The van der Waals surface area contributed by atoms with E-state index < -0.39 is 0 Å². The highest BCUT2D eigenvalue weighted by molar-refractivity contribution is 9.10. The number of hydrazone groups is 1. The molecule has 0 radical (unpaired) electrons. The van der Waals surface area contributed by atoms with Crippen molar-refractivity contribution in [3.8, 4) is 17.0 Å². The van der Waals surface area contributed by atoms with E-state index in [4.69, 9.17) is 31.4 Å². The predicted octanol–water partition coefficient (Wildman–Crippen LogP) is 8.08. The van der Waals surface area contributed by atoms with Crippen LogP contribution in [0.25, 0.3) is 22.2 Å². The highest BCUT2D eigenvalue weighted by Gasteiger charge is 2.32. The number of anilines is 1. The van der Waals surface area contributed by atoms with Gasteiger partial charge in [-0.05, 0) is 48.0 Å². The Morgan fingerprint density at radius 2 is 1.68 bits per heavy atom. The quantitative estimate of drug-likeness (QED) is 0.215. The van der Waals surface area contributed by atoms with E-state index in [1.807, 2.05) is 83.9 Å². The van der Waals surface area contributed by atoms with E-state index in [0.29, 0.717) is 17.4 Å². The van der Waals surface area contributed by atoms with E-state index in [-0.39, 0.29) is 6.04 Å². The Labute approximate surface area is 228 Å². The molecule has 0 unspecified atom stereocenters. The summed E-state index contributed by atoms with van der Waals surface area (Å²) in [7, 11) is 1.67. The van der Waals surface area contributed by atoms with Gasteiger partial charge in [0.15, 0.2) is 0 Å². The first kappa shape index (κ1) is 23.6. The Morgan fingerprint density at radius 1 is 0.865 bits per heavy atom. The number of nitrogens with zero attached hydrogens (tertiary/aromatic N) is 4. The maximum Gasteiger partial charge on any atom is 0.247 e. The van der Waals surface area contributed by atoms with Gasteiger partial charge in [-0.2, -0.15) is 5.10 Å². The zero-order valence-corrected chi connectivity index (χ0v) is 22.3. The van der Waals surface area contributed by atoms with Crippen LogP contribution in [0.1, 0.15) is 23.6 Å². The highest BCUT2D eigenvalue weighted by atomic mass is 79.9. The number of ether oxygens (including phenoxy) is 1. The first-order valence-electron chi connectivity index (χ1n) is 11.9. The molecule has 0 spiro atoms. The topological polar surface area (TPSA) is 50.6 Å². The Morgan fingerprint density at radius 3 is 2.49 bits per heavy atom. The van der Waals surface area contributed by atoms with Crippen molar-refractivity contribution in [2.45, 2.75) is 12.5 Å². The maximum absolute atomic E-state index is 6.18. The number of halogens is 2. The van der Waals surface area contributed by atoms with Gasteiger partial charge in [0.2, 0.25) is 5.95 Å². The van der Waals surface area contributed by atoms with Gasteiger partial charge in [0.25, 0.3) is 0 Å². The minimum Gasteiger partial charge on any atom is -0.497 e. The average molecular weight is 570 g/mol. The second-order valence-corrected chi connectivity index (χ2v) is 10.1. The highest BCUT2D eigenvalue weighted by Crippen LogP contribution is 2.38. The van der Waals surface area contributed by atoms with Crippen LogP contribution < -0.4 is 9.75 Å². The molecule has 7 heteroatoms. The van der Waals surface area contributed by atoms with Crippen LogP contribution in [0.3, 0.4) is 0 Å². The number of rotatable bonds is 5. The lowest BCUT2D eigenvalue weighted by Gasteiger charge is -2.23. The van der Waals surface area contributed by atoms with Crippen LogP contribution in [0.15, 0.2) is 107 Å². The molecule has 4 aromatic carbocycles. The lowest BCUT2D eigenvalue weighted by Crippen LogP contribution is -2.21. The number of benzene rings is 4. The molecular formula is C30H22BrClN4O. The van der Waals surface area contributed by atoms with Crippen LogP contribution in [0, 0.1) is 0 Å². The van der Waals surface area contributed by atoms with E-state index in [1.54, 1.807) is 7.11 Å². The lowest BCUT2D eigenvalue weighted by atomic mass is 9.98. The van der Waals surface area contributed by atoms with Gasteiger partial charge in [-0.1, -0.05) is 82.1 Å². The molecule has 0 bridgehead atoms. The largest absolute Gasteiger partial charge is 0.497 e. The summed E-state index contributed by atoms with van der Waals surface area (Å²) in [6, 6.07) is 32.0. The Hall–Kier alpha value is -3.74. The summed E-state index contributed by atoms with van der Waals surface area (Å²) in [5.41, 5.74) is 5.76. The molecule has 37 heavy (non-hydrogen) atoms. The molecule has 2 heterocycles. The van der Waals surface area contributed by atoms with Crippen molar-refractivity contribution in [3.05, 3.63) is 118 Å². The fraction of sp³-hybridized carbons (Fsp3) is 0.100. The third kappa shape index (κ3) is 4.70. The second kappa shape index (κ2) is 9.96. The van der Waals surface area contributed by atoms with Gasteiger partial charge in [-0.25, -0.2) is 15.0 Å². The van der Waals surface area contributed by atoms with E-state index in [0.717, 1.165) is 49.2 Å². The van der Waals surface area contributed by atoms with Crippen molar-refractivity contribution >= 4 is 50.1 Å². The molecule has 0 amide bonds. The van der Waals surface area contributed by atoms with Gasteiger partial charge in [0, 0.05) is 32.4 Å². The number of para-hydroxylation sites is 1. The summed E-state index contributed by atoms with van der Waals surface area (Å²) >= 11 is 9.81. The number of methoxy groups -OCH3 is 1. The minimum absolute atomic E-state index is 0.0714. The van der Waals surface area contributed by atoms with Crippen LogP contribution >= 0.6 is 27.5 Å². The van der Waals surface area contributed by atoms with Crippen LogP contribution in [-0.2, 0) is 0 Å². The number of hydrogen-bond donors (Lipinski definition) is 0. The SMILES string of the molecule is COc1cccc(C2=NN(c3nc(-c4ccc(Cl)cc4)c4ccccc4n3)[C@@H](c3cccc(Br)c3)C2)c1. The summed E-state index contributed by atoms with van der Waals surface area (Å²) in [4.78, 5) is 10.0. The third-order valence-corrected chi connectivity index (χ3v) is 7.21. The Balaban J connectivity index is 1.53. The molecule has 1 atom stereocenters. The van der Waals surface area contributed by atoms with E-state index in [2.05, 4.69) is 34.1 Å². The van der Waals surface area contributed by atoms with Gasteiger partial charge in [-0.3, -0.25) is 0 Å². The molecule has 0 saturated heterocycles. The molecule has 0 fully saturated rings. The summed E-state index contributed by atoms with van der Waals surface area (Å²) in [5.74, 6) is 1.34. The summed E-state index contributed by atoms with van der Waals surface area (Å²) < 4.78 is 6.48. The molecule has 5 nitrogen and oxygen atoms in total. The predicted molar refractivity (Wildman–Crippen MR) is 153 cm³/mol. The summed E-state index contributed by atoms with van der Waals surface area (Å²) in [6.07, 6.45) is 0.704. The van der Waals surface area contributed by atoms with Crippen LogP contribution in [0.5, 0.6) is 5.75 Å². The molecular weight excluding hydrogens is 548 g/mol. The van der Waals surface area contributed by atoms with Gasteiger partial charge in [-0.15, -0.1) is 0 Å². The smallest absolute Gasteiger partial charge is 0.247 e. The minimum atomic E-state index is -0.0714. The third-order valence-electron chi connectivity index (χ3n) is 6.46. The van der Waals surface area contributed by atoms with E-state index in [9.17, 15) is 0 Å². The molecule has 5 aromatic rings. The normalized spacial score (nSPS) is 15.2. The molecule has 1 aliphatic heterocycles. The van der Waals surface area contributed by atoms with E-state index in [1.165, 1.54) is 0 Å². The maximum atomic E-state index is 6.18. The van der Waals surface area contributed by atoms with Gasteiger partial charge in [0.1, 0.15) is 5.75 Å². The second-order valence-electron chi connectivity index (χ2n) is 8.79. The van der Waals surface area contributed by atoms with Crippen LogP contribution in [-0.4, -0.2) is 22.8 Å². The fourth-order valence-corrected chi connectivity index (χ4v) is 5.18. The Kier molecular flexibility index (Phi) is 6.37. The molecule has 1 aromatic heterocycles. The van der Waals surface area contributed by atoms with Crippen molar-refractivity contribution in [2.75, 3.05) is 12.1 Å². The first-order chi connectivity index (χ1) is 18.1. The van der Waals surface area contributed by atoms with Crippen molar-refractivity contribution in [1.29, 1.82) is 0 Å². The van der Waals surface area contributed by atoms with Gasteiger partial charge in [0.05, 0.1) is 30.1 Å². The molecule has 0 aliphatic carbocycles. The number of fused-ring (bicyclic) bond motifs is 1. The summed E-state index contributed by atoms with van der Waals surface area (Å²) in [5, 5.41) is 8.69. The van der Waals surface area contributed by atoms with Crippen LogP contribution in [0.4, 0.5) is 5.95 Å². The molecule has 182 valence electrons. The van der Waals surface area contributed by atoms with E-state index >= 15 is 0 Å². The fourth-order valence-electron chi connectivity index (χ4n) is 4.64. The van der Waals surface area contributed by atoms with Gasteiger partial charge >= 0.3 is 0 Å². The zero-order valence-electron chi connectivity index (χ0n) is 20.0. The molecule has 0 N–H and O–H groups in total. The average Bonchev–Trinajstić information content (AvgIpc) is 3.39. The summed E-state index contributed by atoms with van der Waals surface area (Å²) in [6.45, 7) is 0.